The van der Waals surface area contributed by atoms with Crippen LogP contribution in [0.1, 0.15) is 31.3 Å². The quantitative estimate of drug-likeness (QED) is 0.868. The van der Waals surface area contributed by atoms with Gasteiger partial charge in [-0.2, -0.15) is 0 Å². The monoisotopic (exact) mass is 262 g/mol. The summed E-state index contributed by atoms with van der Waals surface area (Å²) in [5.74, 6) is 1.82. The number of rotatable bonds is 6. The summed E-state index contributed by atoms with van der Waals surface area (Å²) in [5.41, 5.74) is 0.710. The van der Waals surface area contributed by atoms with Crippen LogP contribution in [-0.4, -0.2) is 18.3 Å². The van der Waals surface area contributed by atoms with Crippen molar-refractivity contribution in [1.82, 2.24) is 0 Å². The van der Waals surface area contributed by atoms with Gasteiger partial charge in [0, 0.05) is 0 Å². The van der Waals surface area contributed by atoms with Gasteiger partial charge in [-0.1, -0.05) is 6.07 Å². The summed E-state index contributed by atoms with van der Waals surface area (Å²) in [6.45, 7) is 4.94. The molecule has 1 aromatic heterocycles. The van der Waals surface area contributed by atoms with Gasteiger partial charge in [0.25, 0.3) is 0 Å². The van der Waals surface area contributed by atoms with Crippen molar-refractivity contribution in [3.8, 4) is 11.5 Å². The molecule has 1 atom stereocenters. The Bertz CT molecular complexity index is 505. The molecule has 0 radical (unpaired) electrons. The molecule has 0 aliphatic heterocycles. The maximum absolute atomic E-state index is 10.2. The molecule has 0 aliphatic rings. The van der Waals surface area contributed by atoms with Crippen molar-refractivity contribution in [2.45, 2.75) is 20.0 Å². The van der Waals surface area contributed by atoms with E-state index < -0.39 is 6.10 Å². The minimum Gasteiger partial charge on any atom is -0.490 e. The average molecular weight is 262 g/mol. The fourth-order valence-corrected chi connectivity index (χ4v) is 1.85. The molecular formula is C15H18O4. The van der Waals surface area contributed by atoms with Gasteiger partial charge in [0.05, 0.1) is 19.5 Å². The van der Waals surface area contributed by atoms with Gasteiger partial charge < -0.3 is 19.0 Å². The average Bonchev–Trinajstić information content (AvgIpc) is 2.94. The summed E-state index contributed by atoms with van der Waals surface area (Å²) in [7, 11) is 0. The Morgan fingerprint density at radius 1 is 1.11 bits per heavy atom. The van der Waals surface area contributed by atoms with E-state index in [4.69, 9.17) is 13.9 Å². The van der Waals surface area contributed by atoms with Crippen molar-refractivity contribution in [2.24, 2.45) is 0 Å². The first-order valence-electron chi connectivity index (χ1n) is 6.37. The topological polar surface area (TPSA) is 51.8 Å². The van der Waals surface area contributed by atoms with Gasteiger partial charge in [-0.05, 0) is 43.7 Å². The predicted molar refractivity (Wildman–Crippen MR) is 71.5 cm³/mol. The lowest BCUT2D eigenvalue weighted by molar-refractivity contribution is 0.188. The number of furan rings is 1. The lowest BCUT2D eigenvalue weighted by Crippen LogP contribution is -2.02. The van der Waals surface area contributed by atoms with Gasteiger partial charge in [0.2, 0.25) is 0 Å². The fourth-order valence-electron chi connectivity index (χ4n) is 1.85. The summed E-state index contributed by atoms with van der Waals surface area (Å²) in [6, 6.07) is 8.87. The third-order valence-electron chi connectivity index (χ3n) is 2.70. The normalized spacial score (nSPS) is 12.2. The molecule has 2 aromatic rings. The summed E-state index contributed by atoms with van der Waals surface area (Å²) < 4.78 is 16.2. The molecule has 4 nitrogen and oxygen atoms in total. The molecule has 1 N–H and O–H groups in total. The van der Waals surface area contributed by atoms with Crippen LogP contribution in [0.15, 0.2) is 41.0 Å². The highest BCUT2D eigenvalue weighted by Gasteiger charge is 2.16. The van der Waals surface area contributed by atoms with Gasteiger partial charge in [0.15, 0.2) is 11.5 Å². The largest absolute Gasteiger partial charge is 0.490 e. The van der Waals surface area contributed by atoms with Crippen LogP contribution in [0.5, 0.6) is 11.5 Å². The van der Waals surface area contributed by atoms with E-state index in [1.165, 1.54) is 6.26 Å². The standard InChI is InChI=1S/C15H18O4/c1-3-17-12-8-7-11(10-14(12)18-4-2)15(16)13-6-5-9-19-13/h5-10,15-16H,3-4H2,1-2H3. The maximum atomic E-state index is 10.2. The number of hydrogen-bond donors (Lipinski definition) is 1. The van der Waals surface area contributed by atoms with Gasteiger partial charge in [-0.25, -0.2) is 0 Å². The molecular weight excluding hydrogens is 244 g/mol. The molecule has 4 heteroatoms. The Hall–Kier alpha value is -1.94. The van der Waals surface area contributed by atoms with E-state index in [2.05, 4.69) is 0 Å². The number of ether oxygens (including phenoxy) is 2. The first kappa shape index (κ1) is 13.5. The molecule has 0 bridgehead atoms. The van der Waals surface area contributed by atoms with Crippen LogP contribution in [0.3, 0.4) is 0 Å². The van der Waals surface area contributed by atoms with E-state index in [-0.39, 0.29) is 0 Å². The number of benzene rings is 1. The highest BCUT2D eigenvalue weighted by atomic mass is 16.5. The highest BCUT2D eigenvalue weighted by Crippen LogP contribution is 2.32. The first-order valence-corrected chi connectivity index (χ1v) is 6.37. The van der Waals surface area contributed by atoms with Crippen molar-refractivity contribution >= 4 is 0 Å². The van der Waals surface area contributed by atoms with E-state index >= 15 is 0 Å². The van der Waals surface area contributed by atoms with Gasteiger partial charge in [-0.3, -0.25) is 0 Å². The summed E-state index contributed by atoms with van der Waals surface area (Å²) in [6.07, 6.45) is 0.737. The van der Waals surface area contributed by atoms with Crippen molar-refractivity contribution in [2.75, 3.05) is 13.2 Å². The molecule has 0 amide bonds. The Labute approximate surface area is 112 Å². The predicted octanol–water partition coefficient (Wildman–Crippen LogP) is 3.16. The maximum Gasteiger partial charge on any atom is 0.161 e. The lowest BCUT2D eigenvalue weighted by Gasteiger charge is -2.14. The zero-order valence-corrected chi connectivity index (χ0v) is 11.1. The highest BCUT2D eigenvalue weighted by molar-refractivity contribution is 5.44. The SMILES string of the molecule is CCOc1ccc(C(O)c2ccco2)cc1OCC. The van der Waals surface area contributed by atoms with Crippen LogP contribution in [0.25, 0.3) is 0 Å². The Kier molecular flexibility index (Phi) is 4.47. The first-order chi connectivity index (χ1) is 9.26. The molecule has 102 valence electrons. The molecule has 19 heavy (non-hydrogen) atoms. The number of aliphatic hydroxyl groups excluding tert-OH is 1. The van der Waals surface area contributed by atoms with Gasteiger partial charge >= 0.3 is 0 Å². The van der Waals surface area contributed by atoms with E-state index in [1.54, 1.807) is 30.3 Å². The van der Waals surface area contributed by atoms with Crippen LogP contribution in [0, 0.1) is 0 Å². The summed E-state index contributed by atoms with van der Waals surface area (Å²) in [4.78, 5) is 0. The van der Waals surface area contributed by atoms with Gasteiger partial charge in [0.1, 0.15) is 11.9 Å². The lowest BCUT2D eigenvalue weighted by atomic mass is 10.1. The van der Waals surface area contributed by atoms with E-state index in [0.717, 1.165) is 0 Å². The van der Waals surface area contributed by atoms with E-state index in [1.807, 2.05) is 13.8 Å². The minimum atomic E-state index is -0.801. The Balaban J connectivity index is 2.29. The molecule has 0 saturated carbocycles. The minimum absolute atomic E-state index is 0.506. The summed E-state index contributed by atoms with van der Waals surface area (Å²) in [5, 5.41) is 10.2. The third kappa shape index (κ3) is 3.09. The Morgan fingerprint density at radius 2 is 1.84 bits per heavy atom. The van der Waals surface area contributed by atoms with Crippen LogP contribution in [-0.2, 0) is 0 Å². The molecule has 0 spiro atoms. The number of aliphatic hydroxyl groups is 1. The molecule has 1 aromatic carbocycles. The van der Waals surface area contributed by atoms with Crippen molar-refractivity contribution in [1.29, 1.82) is 0 Å². The fraction of sp³-hybridized carbons (Fsp3) is 0.333. The third-order valence-corrected chi connectivity index (χ3v) is 2.70. The van der Waals surface area contributed by atoms with Crippen LogP contribution >= 0.6 is 0 Å². The summed E-state index contributed by atoms with van der Waals surface area (Å²) >= 11 is 0. The molecule has 1 heterocycles. The van der Waals surface area contributed by atoms with Crippen molar-refractivity contribution < 1.29 is 19.0 Å². The molecule has 0 aliphatic carbocycles. The second-order valence-electron chi connectivity index (χ2n) is 3.99. The van der Waals surface area contributed by atoms with E-state index in [0.29, 0.717) is 36.0 Å². The Morgan fingerprint density at radius 3 is 2.47 bits per heavy atom. The molecule has 0 fully saturated rings. The van der Waals surface area contributed by atoms with Crippen LogP contribution in [0.2, 0.25) is 0 Å². The van der Waals surface area contributed by atoms with Crippen molar-refractivity contribution in [3.05, 3.63) is 47.9 Å². The molecule has 2 rings (SSSR count). The smallest absolute Gasteiger partial charge is 0.161 e. The second-order valence-corrected chi connectivity index (χ2v) is 3.99. The number of hydrogen-bond acceptors (Lipinski definition) is 4. The molecule has 0 saturated heterocycles. The van der Waals surface area contributed by atoms with Crippen LogP contribution in [0.4, 0.5) is 0 Å². The van der Waals surface area contributed by atoms with E-state index in [9.17, 15) is 5.11 Å². The van der Waals surface area contributed by atoms with Crippen molar-refractivity contribution in [3.63, 3.8) is 0 Å². The second kappa shape index (κ2) is 6.29. The zero-order chi connectivity index (χ0) is 13.7. The molecule has 1 unspecified atom stereocenters. The van der Waals surface area contributed by atoms with Gasteiger partial charge in [-0.15, -0.1) is 0 Å². The van der Waals surface area contributed by atoms with Crippen LogP contribution < -0.4 is 9.47 Å². The zero-order valence-electron chi connectivity index (χ0n) is 11.1.